The zero-order valence-electron chi connectivity index (χ0n) is 11.3. The van der Waals surface area contributed by atoms with Gasteiger partial charge in [0, 0.05) is 16.7 Å². The summed E-state index contributed by atoms with van der Waals surface area (Å²) in [5.41, 5.74) is 3.25. The summed E-state index contributed by atoms with van der Waals surface area (Å²) in [6.07, 6.45) is 0. The van der Waals surface area contributed by atoms with E-state index in [-0.39, 0.29) is 12.5 Å². The Bertz CT molecular complexity index is 599. The normalized spacial score (nSPS) is 10.1. The van der Waals surface area contributed by atoms with Crippen LogP contribution in [0, 0.1) is 6.92 Å². The molecule has 1 amide bonds. The average Bonchev–Trinajstić information content (AvgIpc) is 2.44. The van der Waals surface area contributed by atoms with Crippen LogP contribution in [-0.4, -0.2) is 12.5 Å². The number of aryl methyl sites for hydroxylation is 1. The molecule has 0 fully saturated rings. The third-order valence-electron chi connectivity index (χ3n) is 3.01. The number of amides is 1. The monoisotopic (exact) mass is 332 g/mol. The van der Waals surface area contributed by atoms with Gasteiger partial charge in [-0.3, -0.25) is 4.79 Å². The van der Waals surface area contributed by atoms with Crippen molar-refractivity contribution in [3.63, 3.8) is 0 Å². The Morgan fingerprint density at radius 3 is 2.70 bits per heavy atom. The lowest BCUT2D eigenvalue weighted by Gasteiger charge is -2.09. The summed E-state index contributed by atoms with van der Waals surface area (Å²) in [5.74, 6) is -0.0202. The van der Waals surface area contributed by atoms with Crippen molar-refractivity contribution in [1.82, 2.24) is 5.32 Å². The molecule has 0 aromatic heterocycles. The number of carbonyl (C=O) groups is 1. The van der Waals surface area contributed by atoms with Crippen molar-refractivity contribution in [2.45, 2.75) is 13.5 Å². The molecule has 0 unspecified atom stereocenters. The summed E-state index contributed by atoms with van der Waals surface area (Å²) in [6.45, 7) is 2.87. The largest absolute Gasteiger partial charge is 0.376 e. The topological polar surface area (TPSA) is 41.1 Å². The minimum Gasteiger partial charge on any atom is -0.376 e. The van der Waals surface area contributed by atoms with Gasteiger partial charge in [-0.15, -0.1) is 0 Å². The van der Waals surface area contributed by atoms with E-state index >= 15 is 0 Å². The molecule has 2 N–H and O–H groups in total. The molecule has 2 rings (SSSR count). The third kappa shape index (κ3) is 4.38. The molecular weight excluding hydrogens is 316 g/mol. The summed E-state index contributed by atoms with van der Waals surface area (Å²) < 4.78 is 0.989. The number of halogens is 1. The Kier molecular flexibility index (Phi) is 5.18. The fourth-order valence-corrected chi connectivity index (χ4v) is 2.24. The number of anilines is 1. The van der Waals surface area contributed by atoms with Gasteiger partial charge in [0.1, 0.15) is 0 Å². The molecule has 0 saturated carbocycles. The van der Waals surface area contributed by atoms with E-state index in [9.17, 15) is 4.79 Å². The first kappa shape index (κ1) is 14.6. The van der Waals surface area contributed by atoms with Gasteiger partial charge >= 0.3 is 0 Å². The van der Waals surface area contributed by atoms with Gasteiger partial charge in [0.15, 0.2) is 0 Å². The highest BCUT2D eigenvalue weighted by Gasteiger charge is 2.03. The van der Waals surface area contributed by atoms with Gasteiger partial charge in [-0.25, -0.2) is 0 Å². The molecule has 0 bridgehead atoms. The van der Waals surface area contributed by atoms with Gasteiger partial charge in [-0.2, -0.15) is 0 Å². The smallest absolute Gasteiger partial charge is 0.239 e. The van der Waals surface area contributed by atoms with Crippen LogP contribution in [0.15, 0.2) is 53.0 Å². The molecule has 2 aromatic carbocycles. The van der Waals surface area contributed by atoms with Crippen molar-refractivity contribution in [3.8, 4) is 0 Å². The maximum absolute atomic E-state index is 11.8. The van der Waals surface area contributed by atoms with Crippen LogP contribution in [0.5, 0.6) is 0 Å². The molecule has 20 heavy (non-hydrogen) atoms. The Morgan fingerprint density at radius 2 is 1.95 bits per heavy atom. The summed E-state index contributed by atoms with van der Waals surface area (Å²) in [6, 6.07) is 15.8. The first-order valence-corrected chi connectivity index (χ1v) is 7.25. The summed E-state index contributed by atoms with van der Waals surface area (Å²) in [7, 11) is 0. The lowest BCUT2D eigenvalue weighted by atomic mass is 10.1. The lowest BCUT2D eigenvalue weighted by Crippen LogP contribution is -2.29. The number of carbonyl (C=O) groups excluding carboxylic acids is 1. The number of hydrogen-bond donors (Lipinski definition) is 2. The van der Waals surface area contributed by atoms with Crippen molar-refractivity contribution in [3.05, 3.63) is 64.1 Å². The Balaban J connectivity index is 1.80. The van der Waals surface area contributed by atoms with Crippen molar-refractivity contribution >= 4 is 27.5 Å². The second-order valence-corrected chi connectivity index (χ2v) is 5.48. The van der Waals surface area contributed by atoms with Crippen molar-refractivity contribution in [2.75, 3.05) is 11.9 Å². The molecule has 104 valence electrons. The molecule has 2 aromatic rings. The van der Waals surface area contributed by atoms with Crippen molar-refractivity contribution in [2.24, 2.45) is 0 Å². The van der Waals surface area contributed by atoms with E-state index in [0.717, 1.165) is 15.7 Å². The van der Waals surface area contributed by atoms with Gasteiger partial charge in [-0.05, 0) is 36.2 Å². The van der Waals surface area contributed by atoms with Crippen LogP contribution in [0.2, 0.25) is 0 Å². The van der Waals surface area contributed by atoms with Gasteiger partial charge in [0.2, 0.25) is 5.91 Å². The predicted molar refractivity (Wildman–Crippen MR) is 85.7 cm³/mol. The SMILES string of the molecule is Cc1ccccc1CNC(=O)CNc1cccc(Br)c1. The molecule has 0 radical (unpaired) electrons. The molecule has 4 heteroatoms. The molecule has 0 aliphatic rings. The first-order chi connectivity index (χ1) is 9.65. The fraction of sp³-hybridized carbons (Fsp3) is 0.188. The van der Waals surface area contributed by atoms with E-state index in [2.05, 4.69) is 26.6 Å². The minimum absolute atomic E-state index is 0.0202. The maximum atomic E-state index is 11.8. The molecule has 0 saturated heterocycles. The van der Waals surface area contributed by atoms with Crippen molar-refractivity contribution in [1.29, 1.82) is 0 Å². The average molecular weight is 333 g/mol. The van der Waals surface area contributed by atoms with E-state index < -0.39 is 0 Å². The van der Waals surface area contributed by atoms with Crippen LogP contribution in [-0.2, 0) is 11.3 Å². The highest BCUT2D eigenvalue weighted by atomic mass is 79.9. The van der Waals surface area contributed by atoms with E-state index in [0.29, 0.717) is 6.54 Å². The minimum atomic E-state index is -0.0202. The van der Waals surface area contributed by atoms with E-state index in [1.165, 1.54) is 5.56 Å². The fourth-order valence-electron chi connectivity index (χ4n) is 1.85. The molecular formula is C16H17BrN2O. The number of hydrogen-bond acceptors (Lipinski definition) is 2. The standard InChI is InChI=1S/C16H17BrN2O/c1-12-5-2-3-6-13(12)10-19-16(20)11-18-15-8-4-7-14(17)9-15/h2-9,18H,10-11H2,1H3,(H,19,20). The van der Waals surface area contributed by atoms with Crippen molar-refractivity contribution < 1.29 is 4.79 Å². The molecule has 3 nitrogen and oxygen atoms in total. The van der Waals surface area contributed by atoms with Gasteiger partial charge < -0.3 is 10.6 Å². The van der Waals surface area contributed by atoms with Crippen LogP contribution in [0.3, 0.4) is 0 Å². The highest BCUT2D eigenvalue weighted by Crippen LogP contribution is 2.15. The van der Waals surface area contributed by atoms with E-state index in [4.69, 9.17) is 0 Å². The number of nitrogens with one attached hydrogen (secondary N) is 2. The van der Waals surface area contributed by atoms with Crippen LogP contribution >= 0.6 is 15.9 Å². The second kappa shape index (κ2) is 7.10. The van der Waals surface area contributed by atoms with E-state index in [1.807, 2.05) is 55.5 Å². The van der Waals surface area contributed by atoms with Gasteiger partial charge in [-0.1, -0.05) is 46.3 Å². The lowest BCUT2D eigenvalue weighted by molar-refractivity contribution is -0.119. The van der Waals surface area contributed by atoms with Gasteiger partial charge in [0.05, 0.1) is 6.54 Å². The zero-order chi connectivity index (χ0) is 14.4. The van der Waals surface area contributed by atoms with Crippen LogP contribution in [0.4, 0.5) is 5.69 Å². The zero-order valence-corrected chi connectivity index (χ0v) is 12.9. The Labute approximate surface area is 127 Å². The number of benzene rings is 2. The predicted octanol–water partition coefficient (Wildman–Crippen LogP) is 3.49. The molecule has 0 atom stereocenters. The summed E-state index contributed by atoms with van der Waals surface area (Å²) in [4.78, 5) is 11.8. The Morgan fingerprint density at radius 1 is 1.15 bits per heavy atom. The summed E-state index contributed by atoms with van der Waals surface area (Å²) >= 11 is 3.40. The van der Waals surface area contributed by atoms with E-state index in [1.54, 1.807) is 0 Å². The first-order valence-electron chi connectivity index (χ1n) is 6.46. The quantitative estimate of drug-likeness (QED) is 0.879. The molecule has 0 aliphatic heterocycles. The molecule has 0 heterocycles. The van der Waals surface area contributed by atoms with Crippen LogP contribution < -0.4 is 10.6 Å². The second-order valence-electron chi connectivity index (χ2n) is 4.57. The van der Waals surface area contributed by atoms with Crippen LogP contribution in [0.1, 0.15) is 11.1 Å². The molecule has 0 spiro atoms. The summed E-state index contributed by atoms with van der Waals surface area (Å²) in [5, 5.41) is 6.01. The molecule has 0 aliphatic carbocycles. The Hall–Kier alpha value is -1.81. The third-order valence-corrected chi connectivity index (χ3v) is 3.51. The number of rotatable bonds is 5. The maximum Gasteiger partial charge on any atom is 0.239 e. The highest BCUT2D eigenvalue weighted by molar-refractivity contribution is 9.10. The van der Waals surface area contributed by atoms with Gasteiger partial charge in [0.25, 0.3) is 0 Å². The van der Waals surface area contributed by atoms with Crippen LogP contribution in [0.25, 0.3) is 0 Å².